The van der Waals surface area contributed by atoms with Crippen molar-refractivity contribution < 1.29 is 4.74 Å². The lowest BCUT2D eigenvalue weighted by molar-refractivity contribution is 0.258. The Hall–Kier alpha value is -0.730. The van der Waals surface area contributed by atoms with Gasteiger partial charge in [0.15, 0.2) is 0 Å². The molecule has 0 radical (unpaired) electrons. The van der Waals surface area contributed by atoms with Gasteiger partial charge in [-0.3, -0.25) is 0 Å². The van der Waals surface area contributed by atoms with Gasteiger partial charge in [0.2, 0.25) is 0 Å². The van der Waals surface area contributed by atoms with Gasteiger partial charge in [-0.05, 0) is 38.1 Å². The van der Waals surface area contributed by atoms with Gasteiger partial charge in [0.25, 0.3) is 0 Å². The van der Waals surface area contributed by atoms with Gasteiger partial charge in [0, 0.05) is 6.54 Å². The van der Waals surface area contributed by atoms with Gasteiger partial charge >= 0.3 is 0 Å². The number of rotatable bonds is 6. The second-order valence-electron chi connectivity index (χ2n) is 4.26. The van der Waals surface area contributed by atoms with E-state index >= 15 is 0 Å². The summed E-state index contributed by atoms with van der Waals surface area (Å²) in [6.45, 7) is 6.07. The highest BCUT2D eigenvalue weighted by molar-refractivity contribution is 5.85. The third-order valence-corrected chi connectivity index (χ3v) is 2.72. The third-order valence-electron chi connectivity index (χ3n) is 2.72. The molecule has 0 aliphatic rings. The van der Waals surface area contributed by atoms with Crippen molar-refractivity contribution >= 4 is 12.4 Å². The molecule has 0 saturated heterocycles. The number of benzene rings is 1. The van der Waals surface area contributed by atoms with Crippen LogP contribution in [0.3, 0.4) is 0 Å². The zero-order valence-electron chi connectivity index (χ0n) is 11.3. The first-order chi connectivity index (χ1) is 7.69. The molecule has 2 nitrogen and oxygen atoms in total. The van der Waals surface area contributed by atoms with Crippen LogP contribution in [0.5, 0.6) is 5.75 Å². The van der Waals surface area contributed by atoms with Crippen LogP contribution < -0.4 is 4.74 Å². The van der Waals surface area contributed by atoms with Crippen LogP contribution in [0.2, 0.25) is 0 Å². The van der Waals surface area contributed by atoms with Crippen LogP contribution >= 0.6 is 12.4 Å². The average molecular weight is 258 g/mol. The van der Waals surface area contributed by atoms with Gasteiger partial charge in [-0.2, -0.15) is 0 Å². The molecule has 17 heavy (non-hydrogen) atoms. The number of hydrogen-bond donors (Lipinski definition) is 0. The summed E-state index contributed by atoms with van der Waals surface area (Å²) in [6.07, 6.45) is 2.07. The predicted octanol–water partition coefficient (Wildman–Crippen LogP) is 3.17. The molecule has 1 rings (SSSR count). The highest BCUT2D eigenvalue weighted by Gasteiger charge is 2.07. The lowest BCUT2D eigenvalue weighted by Crippen LogP contribution is -2.20. The first-order valence-electron chi connectivity index (χ1n) is 6.07. The molecule has 0 aliphatic heterocycles. The molecule has 0 spiro atoms. The van der Waals surface area contributed by atoms with E-state index in [-0.39, 0.29) is 12.4 Å². The second kappa shape index (κ2) is 8.37. The third kappa shape index (κ3) is 4.97. The van der Waals surface area contributed by atoms with Crippen LogP contribution in [0, 0.1) is 0 Å². The van der Waals surface area contributed by atoms with Crippen molar-refractivity contribution in [3.8, 4) is 5.75 Å². The van der Waals surface area contributed by atoms with Crippen LogP contribution in [0.1, 0.15) is 25.0 Å². The lowest BCUT2D eigenvalue weighted by atomic mass is 10.1. The van der Waals surface area contributed by atoms with Crippen molar-refractivity contribution in [3.63, 3.8) is 0 Å². The van der Waals surface area contributed by atoms with Gasteiger partial charge in [-0.1, -0.05) is 32.0 Å². The zero-order valence-corrected chi connectivity index (χ0v) is 12.1. The van der Waals surface area contributed by atoms with Crippen molar-refractivity contribution in [2.45, 2.75) is 26.7 Å². The Morgan fingerprint density at radius 1 is 1.06 bits per heavy atom. The number of aryl methyl sites for hydroxylation is 2. The van der Waals surface area contributed by atoms with Crippen molar-refractivity contribution in [1.29, 1.82) is 0 Å². The number of halogens is 1. The van der Waals surface area contributed by atoms with Crippen LogP contribution in [0.25, 0.3) is 0 Å². The quantitative estimate of drug-likeness (QED) is 0.776. The predicted molar refractivity (Wildman–Crippen MR) is 76.5 cm³/mol. The minimum atomic E-state index is 0. The van der Waals surface area contributed by atoms with Crippen LogP contribution in [-0.4, -0.2) is 32.1 Å². The van der Waals surface area contributed by atoms with Gasteiger partial charge in [-0.25, -0.2) is 0 Å². The number of para-hydroxylation sites is 1. The van der Waals surface area contributed by atoms with E-state index in [4.69, 9.17) is 4.74 Å². The second-order valence-corrected chi connectivity index (χ2v) is 4.26. The van der Waals surface area contributed by atoms with Gasteiger partial charge in [0.1, 0.15) is 12.4 Å². The molecule has 0 fully saturated rings. The molecular formula is C14H24ClNO. The van der Waals surface area contributed by atoms with E-state index in [0.717, 1.165) is 31.7 Å². The summed E-state index contributed by atoms with van der Waals surface area (Å²) >= 11 is 0. The van der Waals surface area contributed by atoms with E-state index in [2.05, 4.69) is 51.0 Å². The Morgan fingerprint density at radius 3 is 2.00 bits per heavy atom. The molecule has 0 bridgehead atoms. The summed E-state index contributed by atoms with van der Waals surface area (Å²) in [6, 6.07) is 6.44. The molecule has 0 aromatic heterocycles. The molecule has 3 heteroatoms. The normalized spacial score (nSPS) is 10.2. The Labute approximate surface area is 111 Å². The molecular weight excluding hydrogens is 234 g/mol. The fourth-order valence-electron chi connectivity index (χ4n) is 1.71. The van der Waals surface area contributed by atoms with Crippen molar-refractivity contribution in [2.75, 3.05) is 27.2 Å². The maximum Gasteiger partial charge on any atom is 0.125 e. The smallest absolute Gasteiger partial charge is 0.125 e. The highest BCUT2D eigenvalue weighted by atomic mass is 35.5. The molecule has 0 aliphatic carbocycles. The number of ether oxygens (including phenoxy) is 1. The van der Waals surface area contributed by atoms with E-state index in [1.807, 2.05) is 0 Å². The van der Waals surface area contributed by atoms with Gasteiger partial charge in [-0.15, -0.1) is 12.4 Å². The Balaban J connectivity index is 0.00000256. The number of hydrogen-bond acceptors (Lipinski definition) is 2. The molecule has 98 valence electrons. The summed E-state index contributed by atoms with van der Waals surface area (Å²) in [5.74, 6) is 1.11. The van der Waals surface area contributed by atoms with Crippen LogP contribution in [0.15, 0.2) is 18.2 Å². The van der Waals surface area contributed by atoms with Crippen LogP contribution in [0.4, 0.5) is 0 Å². The first-order valence-corrected chi connectivity index (χ1v) is 6.07. The molecule has 0 atom stereocenters. The molecule has 0 amide bonds. The maximum absolute atomic E-state index is 5.92. The SMILES string of the molecule is CCc1cccc(CC)c1OCCN(C)C.Cl. The van der Waals surface area contributed by atoms with E-state index < -0.39 is 0 Å². The fraction of sp³-hybridized carbons (Fsp3) is 0.571. The first kappa shape index (κ1) is 16.3. The molecule has 1 aromatic rings. The molecule has 0 N–H and O–H groups in total. The van der Waals surface area contributed by atoms with E-state index in [1.54, 1.807) is 0 Å². The maximum atomic E-state index is 5.92. The molecule has 1 aromatic carbocycles. The average Bonchev–Trinajstić information content (AvgIpc) is 2.28. The van der Waals surface area contributed by atoms with Gasteiger partial charge in [0.05, 0.1) is 0 Å². The Kier molecular flexibility index (Phi) is 8.01. The Morgan fingerprint density at radius 2 is 1.59 bits per heavy atom. The molecule has 0 unspecified atom stereocenters. The summed E-state index contributed by atoms with van der Waals surface area (Å²) in [5, 5.41) is 0. The summed E-state index contributed by atoms with van der Waals surface area (Å²) in [4.78, 5) is 2.14. The lowest BCUT2D eigenvalue weighted by Gasteiger charge is -2.16. The summed E-state index contributed by atoms with van der Waals surface area (Å²) < 4.78 is 5.92. The summed E-state index contributed by atoms with van der Waals surface area (Å²) in [7, 11) is 4.13. The van der Waals surface area contributed by atoms with E-state index in [0.29, 0.717) is 0 Å². The topological polar surface area (TPSA) is 12.5 Å². The monoisotopic (exact) mass is 257 g/mol. The largest absolute Gasteiger partial charge is 0.492 e. The minimum Gasteiger partial charge on any atom is -0.492 e. The Bertz CT molecular complexity index is 304. The molecule has 0 saturated carbocycles. The number of nitrogens with zero attached hydrogens (tertiary/aromatic N) is 1. The number of likely N-dealkylation sites (N-methyl/N-ethyl adjacent to an activating group) is 1. The molecule has 0 heterocycles. The van der Waals surface area contributed by atoms with Gasteiger partial charge < -0.3 is 9.64 Å². The standard InChI is InChI=1S/C14H23NO.ClH/c1-5-12-8-7-9-13(6-2)14(12)16-11-10-15(3)4;/h7-9H,5-6,10-11H2,1-4H3;1H. The van der Waals surface area contributed by atoms with Crippen molar-refractivity contribution in [2.24, 2.45) is 0 Å². The minimum absolute atomic E-state index is 0. The van der Waals surface area contributed by atoms with Crippen molar-refractivity contribution in [3.05, 3.63) is 29.3 Å². The van der Waals surface area contributed by atoms with E-state index in [9.17, 15) is 0 Å². The van der Waals surface area contributed by atoms with E-state index in [1.165, 1.54) is 11.1 Å². The zero-order chi connectivity index (χ0) is 12.0. The fourth-order valence-corrected chi connectivity index (χ4v) is 1.71. The summed E-state index contributed by atoms with van der Waals surface area (Å²) in [5.41, 5.74) is 2.64. The van der Waals surface area contributed by atoms with Crippen LogP contribution in [-0.2, 0) is 12.8 Å². The van der Waals surface area contributed by atoms with Crippen molar-refractivity contribution in [1.82, 2.24) is 4.90 Å². The highest BCUT2D eigenvalue weighted by Crippen LogP contribution is 2.25.